The summed E-state index contributed by atoms with van der Waals surface area (Å²) in [6, 6.07) is 11.3. The summed E-state index contributed by atoms with van der Waals surface area (Å²) >= 11 is 0. The largest absolute Gasteiger partial charge is 0.338 e. The van der Waals surface area contributed by atoms with Gasteiger partial charge in [0, 0.05) is 18.1 Å². The summed E-state index contributed by atoms with van der Waals surface area (Å²) in [6.07, 6.45) is 1.73. The summed E-state index contributed by atoms with van der Waals surface area (Å²) in [5.74, 6) is -0.224. The molecule has 1 aliphatic heterocycles. The summed E-state index contributed by atoms with van der Waals surface area (Å²) in [7, 11) is 0. The van der Waals surface area contributed by atoms with Crippen LogP contribution in [-0.2, 0) is 6.54 Å². The molecule has 0 aliphatic carbocycles. The molecule has 4 rings (SSSR count). The number of aromatic nitrogens is 2. The lowest BCUT2D eigenvalue weighted by molar-refractivity contribution is 0.0968. The van der Waals surface area contributed by atoms with Gasteiger partial charge >= 0.3 is 0 Å². The molecule has 1 aromatic carbocycles. The first-order chi connectivity index (χ1) is 10.9. The van der Waals surface area contributed by atoms with Gasteiger partial charge in [-0.3, -0.25) is 14.2 Å². The van der Waals surface area contributed by atoms with Crippen molar-refractivity contribution in [1.82, 2.24) is 9.13 Å². The third-order valence-electron chi connectivity index (χ3n) is 4.23. The molecule has 116 valence electrons. The lowest BCUT2D eigenvalue weighted by Crippen LogP contribution is -2.23. The molecule has 1 aliphatic rings. The maximum absolute atomic E-state index is 12.9. The zero-order valence-corrected chi connectivity index (χ0v) is 13.5. The third-order valence-corrected chi connectivity index (χ3v) is 4.23. The van der Waals surface area contributed by atoms with Gasteiger partial charge < -0.3 is 4.57 Å². The number of fused-ring (bicyclic) bond motifs is 4. The Kier molecular flexibility index (Phi) is 2.71. The summed E-state index contributed by atoms with van der Waals surface area (Å²) in [5.41, 5.74) is 2.58. The molecule has 0 unspecified atom stereocenters. The first-order valence-corrected chi connectivity index (χ1v) is 7.76. The number of hydrogen-bond acceptors (Lipinski definition) is 2. The molecule has 0 N–H and O–H groups in total. The van der Waals surface area contributed by atoms with Gasteiger partial charge in [0.1, 0.15) is 5.56 Å². The van der Waals surface area contributed by atoms with E-state index in [-0.39, 0.29) is 16.8 Å². The van der Waals surface area contributed by atoms with Crippen molar-refractivity contribution in [3.63, 3.8) is 0 Å². The number of pyridine rings is 1. The number of carbonyl (C=O) groups is 1. The van der Waals surface area contributed by atoms with Gasteiger partial charge in [-0.15, -0.1) is 0 Å². The molecule has 0 atom stereocenters. The van der Waals surface area contributed by atoms with Crippen LogP contribution in [0.5, 0.6) is 0 Å². The maximum Gasteiger partial charge on any atom is 0.268 e. The lowest BCUT2D eigenvalue weighted by Gasteiger charge is -2.24. The van der Waals surface area contributed by atoms with Crippen molar-refractivity contribution in [2.75, 3.05) is 0 Å². The summed E-state index contributed by atoms with van der Waals surface area (Å²) in [5, 5.41) is 0.606. The van der Waals surface area contributed by atoms with Gasteiger partial charge in [0.2, 0.25) is 5.43 Å². The fourth-order valence-corrected chi connectivity index (χ4v) is 3.37. The number of carbonyl (C=O) groups excluding carboxylic acids is 1. The molecule has 0 saturated heterocycles. The summed E-state index contributed by atoms with van der Waals surface area (Å²) in [4.78, 5) is 25.5. The number of hydrogen-bond donors (Lipinski definition) is 0. The molecule has 23 heavy (non-hydrogen) atoms. The molecule has 0 amide bonds. The second-order valence-corrected chi connectivity index (χ2v) is 7.29. The fourth-order valence-electron chi connectivity index (χ4n) is 3.37. The molecular formula is C19H18N2O2. The van der Waals surface area contributed by atoms with E-state index in [2.05, 4.69) is 25.3 Å². The van der Waals surface area contributed by atoms with Crippen molar-refractivity contribution in [2.45, 2.75) is 27.3 Å². The molecule has 0 fully saturated rings. The van der Waals surface area contributed by atoms with Gasteiger partial charge in [-0.05, 0) is 29.7 Å². The Morgan fingerprint density at radius 3 is 2.48 bits per heavy atom. The van der Waals surface area contributed by atoms with Gasteiger partial charge in [0.05, 0.1) is 16.9 Å². The minimum Gasteiger partial charge on any atom is -0.338 e. The van der Waals surface area contributed by atoms with E-state index in [0.29, 0.717) is 10.9 Å². The topological polar surface area (TPSA) is 44.0 Å². The van der Waals surface area contributed by atoms with E-state index in [1.165, 1.54) is 0 Å². The van der Waals surface area contributed by atoms with E-state index >= 15 is 0 Å². The van der Waals surface area contributed by atoms with E-state index in [1.54, 1.807) is 16.8 Å². The molecule has 0 bridgehead atoms. The highest BCUT2D eigenvalue weighted by Crippen LogP contribution is 2.34. The Morgan fingerprint density at radius 2 is 1.74 bits per heavy atom. The van der Waals surface area contributed by atoms with Crippen molar-refractivity contribution in [3.05, 3.63) is 58.4 Å². The van der Waals surface area contributed by atoms with Crippen LogP contribution in [0, 0.1) is 5.41 Å². The minimum atomic E-state index is -0.224. The maximum atomic E-state index is 12.9. The van der Waals surface area contributed by atoms with Gasteiger partial charge in [-0.2, -0.15) is 0 Å². The zero-order chi connectivity index (χ0) is 16.4. The Morgan fingerprint density at radius 1 is 1.00 bits per heavy atom. The molecule has 0 spiro atoms. The summed E-state index contributed by atoms with van der Waals surface area (Å²) < 4.78 is 3.70. The molecule has 3 aromatic rings. The fraction of sp³-hybridized carbons (Fsp3) is 0.263. The van der Waals surface area contributed by atoms with E-state index in [0.717, 1.165) is 23.4 Å². The highest BCUT2D eigenvalue weighted by atomic mass is 16.2. The van der Waals surface area contributed by atoms with Crippen LogP contribution in [0.15, 0.2) is 47.4 Å². The van der Waals surface area contributed by atoms with Crippen LogP contribution in [0.4, 0.5) is 0 Å². The van der Waals surface area contributed by atoms with Crippen molar-refractivity contribution in [3.8, 4) is 11.4 Å². The number of benzene rings is 1. The monoisotopic (exact) mass is 306 g/mol. The van der Waals surface area contributed by atoms with E-state index < -0.39 is 0 Å². The molecular weight excluding hydrogens is 288 g/mol. The highest BCUT2D eigenvalue weighted by molar-refractivity contribution is 6.10. The molecule has 2 aromatic heterocycles. The summed E-state index contributed by atoms with van der Waals surface area (Å²) in [6.45, 7) is 7.20. The van der Waals surface area contributed by atoms with E-state index in [4.69, 9.17) is 0 Å². The first kappa shape index (κ1) is 14.0. The normalized spacial score (nSPS) is 13.4. The van der Waals surface area contributed by atoms with Crippen LogP contribution in [0.3, 0.4) is 0 Å². The van der Waals surface area contributed by atoms with Crippen LogP contribution in [0.25, 0.3) is 22.3 Å². The van der Waals surface area contributed by atoms with E-state index in [9.17, 15) is 9.59 Å². The standard InChI is InChI=1S/C19H18N2O2/c1-19(2,3)11-21-13-8-5-4-7-12(13)17(22)15-16(21)14-9-6-10-20(14)18(15)23/h4-10H,11H2,1-3H3. The quantitative estimate of drug-likeness (QED) is 0.540. The highest BCUT2D eigenvalue weighted by Gasteiger charge is 2.33. The van der Waals surface area contributed by atoms with Crippen LogP contribution >= 0.6 is 0 Å². The van der Waals surface area contributed by atoms with Crippen LogP contribution < -0.4 is 5.43 Å². The van der Waals surface area contributed by atoms with Gasteiger partial charge in [-0.1, -0.05) is 32.9 Å². The predicted octanol–water partition coefficient (Wildman–Crippen LogP) is 3.52. The Balaban J connectivity index is 2.20. The predicted molar refractivity (Wildman–Crippen MR) is 90.8 cm³/mol. The Bertz CT molecular complexity index is 1020. The second-order valence-electron chi connectivity index (χ2n) is 7.29. The average Bonchev–Trinajstić information content (AvgIpc) is 3.05. The van der Waals surface area contributed by atoms with Crippen LogP contribution in [0.1, 0.15) is 31.1 Å². The SMILES string of the molecule is CC(C)(C)Cn1c2c(c(=O)c3ccccc31)C(=O)n1cccc1-2. The minimum absolute atomic E-state index is 0.0225. The molecule has 0 saturated carbocycles. The Labute approximate surface area is 134 Å². The number of nitrogens with zero attached hydrogens (tertiary/aromatic N) is 2. The van der Waals surface area contributed by atoms with Crippen molar-refractivity contribution in [1.29, 1.82) is 0 Å². The second kappa shape index (κ2) is 4.44. The lowest BCUT2D eigenvalue weighted by atomic mass is 9.95. The average molecular weight is 306 g/mol. The van der Waals surface area contributed by atoms with Gasteiger partial charge in [-0.25, -0.2) is 0 Å². The smallest absolute Gasteiger partial charge is 0.268 e. The molecule has 3 heterocycles. The molecule has 4 nitrogen and oxygen atoms in total. The van der Waals surface area contributed by atoms with E-state index in [1.807, 2.05) is 30.3 Å². The van der Waals surface area contributed by atoms with Crippen molar-refractivity contribution in [2.24, 2.45) is 5.41 Å². The van der Waals surface area contributed by atoms with Crippen LogP contribution in [0.2, 0.25) is 0 Å². The number of rotatable bonds is 1. The Hall–Kier alpha value is -2.62. The van der Waals surface area contributed by atoms with Gasteiger partial charge in [0.25, 0.3) is 5.91 Å². The first-order valence-electron chi connectivity index (χ1n) is 7.76. The van der Waals surface area contributed by atoms with Gasteiger partial charge in [0.15, 0.2) is 0 Å². The molecule has 4 heteroatoms. The number of para-hydroxylation sites is 1. The molecule has 0 radical (unpaired) electrons. The van der Waals surface area contributed by atoms with Crippen molar-refractivity contribution < 1.29 is 4.79 Å². The third kappa shape index (κ3) is 1.91. The van der Waals surface area contributed by atoms with Crippen molar-refractivity contribution >= 4 is 16.8 Å². The zero-order valence-electron chi connectivity index (χ0n) is 13.5. The van der Waals surface area contributed by atoms with Crippen LogP contribution in [-0.4, -0.2) is 15.0 Å².